The van der Waals surface area contributed by atoms with Crippen LogP contribution >= 0.6 is 0 Å². The summed E-state index contributed by atoms with van der Waals surface area (Å²) in [7, 11) is 0. The zero-order chi connectivity index (χ0) is 10.0. The molecular formula is C12H24N2. The van der Waals surface area contributed by atoms with E-state index in [9.17, 15) is 0 Å². The van der Waals surface area contributed by atoms with Gasteiger partial charge in [-0.3, -0.25) is 4.90 Å². The van der Waals surface area contributed by atoms with Gasteiger partial charge in [-0.15, -0.1) is 0 Å². The molecule has 0 unspecified atom stereocenters. The molecule has 2 aliphatic rings. The van der Waals surface area contributed by atoms with E-state index in [1.165, 1.54) is 51.7 Å². The van der Waals surface area contributed by atoms with Gasteiger partial charge in [0.05, 0.1) is 0 Å². The van der Waals surface area contributed by atoms with E-state index in [0.717, 1.165) is 0 Å². The van der Waals surface area contributed by atoms with Crippen LogP contribution in [0.4, 0.5) is 0 Å². The minimum Gasteiger partial charge on any atom is -0.313 e. The molecule has 2 nitrogen and oxygen atoms in total. The second-order valence-corrected chi connectivity index (χ2v) is 5.28. The maximum absolute atomic E-state index is 3.52. The molecular weight excluding hydrogens is 172 g/mol. The van der Waals surface area contributed by atoms with Crippen molar-refractivity contribution in [1.29, 1.82) is 0 Å². The Hall–Kier alpha value is -0.0800. The zero-order valence-electron chi connectivity index (χ0n) is 9.68. The molecule has 1 spiro atoms. The molecule has 0 bridgehead atoms. The standard InChI is InChI=1S/C12H24N2/c1-11(2)13-8-10-14-9-4-3-5-12(14)6-7-12/h11,13H,3-10H2,1-2H3. The summed E-state index contributed by atoms with van der Waals surface area (Å²) in [6.07, 6.45) is 7.29. The average molecular weight is 196 g/mol. The Morgan fingerprint density at radius 1 is 1.21 bits per heavy atom. The van der Waals surface area contributed by atoms with Crippen LogP contribution in [0.15, 0.2) is 0 Å². The maximum Gasteiger partial charge on any atom is 0.0211 e. The van der Waals surface area contributed by atoms with Gasteiger partial charge in [-0.05, 0) is 32.2 Å². The second-order valence-electron chi connectivity index (χ2n) is 5.28. The van der Waals surface area contributed by atoms with E-state index in [1.54, 1.807) is 0 Å². The molecule has 1 saturated carbocycles. The van der Waals surface area contributed by atoms with Gasteiger partial charge in [-0.1, -0.05) is 20.3 Å². The highest BCUT2D eigenvalue weighted by molar-refractivity contribution is 5.05. The van der Waals surface area contributed by atoms with Crippen molar-refractivity contribution >= 4 is 0 Å². The summed E-state index contributed by atoms with van der Waals surface area (Å²) < 4.78 is 0. The van der Waals surface area contributed by atoms with Gasteiger partial charge in [-0.2, -0.15) is 0 Å². The van der Waals surface area contributed by atoms with E-state index >= 15 is 0 Å². The van der Waals surface area contributed by atoms with Crippen LogP contribution in [-0.4, -0.2) is 36.1 Å². The zero-order valence-corrected chi connectivity index (χ0v) is 9.68. The van der Waals surface area contributed by atoms with Crippen molar-refractivity contribution in [2.45, 2.75) is 57.5 Å². The van der Waals surface area contributed by atoms with E-state index in [0.29, 0.717) is 11.6 Å². The fourth-order valence-corrected chi connectivity index (χ4v) is 2.70. The molecule has 2 heteroatoms. The van der Waals surface area contributed by atoms with Crippen molar-refractivity contribution in [3.05, 3.63) is 0 Å². The third-order valence-electron chi connectivity index (χ3n) is 3.75. The Balaban J connectivity index is 1.73. The number of hydrogen-bond donors (Lipinski definition) is 1. The molecule has 1 aliphatic heterocycles. The van der Waals surface area contributed by atoms with E-state index in [2.05, 4.69) is 24.1 Å². The van der Waals surface area contributed by atoms with Crippen molar-refractivity contribution in [2.75, 3.05) is 19.6 Å². The first-order valence-electron chi connectivity index (χ1n) is 6.21. The van der Waals surface area contributed by atoms with Gasteiger partial charge in [0.15, 0.2) is 0 Å². The highest BCUT2D eigenvalue weighted by atomic mass is 15.2. The molecule has 0 aromatic rings. The first-order valence-corrected chi connectivity index (χ1v) is 6.21. The van der Waals surface area contributed by atoms with Gasteiger partial charge >= 0.3 is 0 Å². The number of piperidine rings is 1. The first-order chi connectivity index (χ1) is 6.73. The third kappa shape index (κ3) is 2.29. The highest BCUT2D eigenvalue weighted by Gasteiger charge is 2.48. The molecule has 1 saturated heterocycles. The van der Waals surface area contributed by atoms with E-state index < -0.39 is 0 Å². The molecule has 1 aliphatic carbocycles. The number of likely N-dealkylation sites (tertiary alicyclic amines) is 1. The van der Waals surface area contributed by atoms with Gasteiger partial charge in [0.1, 0.15) is 0 Å². The van der Waals surface area contributed by atoms with Crippen molar-refractivity contribution < 1.29 is 0 Å². The summed E-state index contributed by atoms with van der Waals surface area (Å²) in [4.78, 5) is 2.74. The van der Waals surface area contributed by atoms with Gasteiger partial charge in [0.2, 0.25) is 0 Å². The lowest BCUT2D eigenvalue weighted by Crippen LogP contribution is -2.45. The number of rotatable bonds is 4. The van der Waals surface area contributed by atoms with Gasteiger partial charge < -0.3 is 5.32 Å². The molecule has 2 rings (SSSR count). The number of nitrogens with zero attached hydrogens (tertiary/aromatic N) is 1. The Morgan fingerprint density at radius 2 is 2.00 bits per heavy atom. The first kappa shape index (κ1) is 10.4. The molecule has 82 valence electrons. The predicted molar refractivity (Wildman–Crippen MR) is 60.5 cm³/mol. The molecule has 2 fully saturated rings. The summed E-state index contributed by atoms with van der Waals surface area (Å²) in [6.45, 7) is 8.23. The minimum absolute atomic E-state index is 0.634. The lowest BCUT2D eigenvalue weighted by Gasteiger charge is -2.36. The van der Waals surface area contributed by atoms with E-state index in [1.807, 2.05) is 0 Å². The van der Waals surface area contributed by atoms with Crippen LogP contribution < -0.4 is 5.32 Å². The van der Waals surface area contributed by atoms with Crippen LogP contribution in [0.2, 0.25) is 0 Å². The van der Waals surface area contributed by atoms with Gasteiger partial charge in [0.25, 0.3) is 0 Å². The molecule has 0 atom stereocenters. The Labute approximate surface area is 88.1 Å². The predicted octanol–water partition coefficient (Wildman–Crippen LogP) is 2.00. The third-order valence-corrected chi connectivity index (χ3v) is 3.75. The van der Waals surface area contributed by atoms with Crippen LogP contribution in [0.5, 0.6) is 0 Å². The minimum atomic E-state index is 0.634. The summed E-state index contributed by atoms with van der Waals surface area (Å²) in [6, 6.07) is 0.634. The summed E-state index contributed by atoms with van der Waals surface area (Å²) >= 11 is 0. The number of hydrogen-bond acceptors (Lipinski definition) is 2. The molecule has 0 aromatic carbocycles. The normalized spacial score (nSPS) is 25.9. The van der Waals surface area contributed by atoms with Crippen molar-refractivity contribution in [3.8, 4) is 0 Å². The van der Waals surface area contributed by atoms with Crippen LogP contribution in [0.1, 0.15) is 46.0 Å². The molecule has 1 heterocycles. The maximum atomic E-state index is 3.52. The quantitative estimate of drug-likeness (QED) is 0.740. The van der Waals surface area contributed by atoms with E-state index in [4.69, 9.17) is 0 Å². The molecule has 0 amide bonds. The number of nitrogens with one attached hydrogen (secondary N) is 1. The summed E-state index contributed by atoms with van der Waals surface area (Å²) in [5, 5.41) is 3.52. The monoisotopic (exact) mass is 196 g/mol. The van der Waals surface area contributed by atoms with Crippen molar-refractivity contribution in [3.63, 3.8) is 0 Å². The van der Waals surface area contributed by atoms with Crippen molar-refractivity contribution in [1.82, 2.24) is 10.2 Å². The fraction of sp³-hybridized carbons (Fsp3) is 1.00. The SMILES string of the molecule is CC(C)NCCN1CCCCC12CC2. The Bertz CT molecular complexity index is 185. The largest absolute Gasteiger partial charge is 0.313 e. The lowest BCUT2D eigenvalue weighted by molar-refractivity contribution is 0.129. The Morgan fingerprint density at radius 3 is 2.64 bits per heavy atom. The van der Waals surface area contributed by atoms with E-state index in [-0.39, 0.29) is 0 Å². The smallest absolute Gasteiger partial charge is 0.0211 e. The summed E-state index contributed by atoms with van der Waals surface area (Å²) in [5.74, 6) is 0. The van der Waals surface area contributed by atoms with Crippen LogP contribution in [0, 0.1) is 0 Å². The average Bonchev–Trinajstić information content (AvgIpc) is 2.89. The van der Waals surface area contributed by atoms with Crippen LogP contribution in [-0.2, 0) is 0 Å². The van der Waals surface area contributed by atoms with Gasteiger partial charge in [-0.25, -0.2) is 0 Å². The fourth-order valence-electron chi connectivity index (χ4n) is 2.70. The Kier molecular flexibility index (Phi) is 3.13. The molecule has 0 radical (unpaired) electrons. The van der Waals surface area contributed by atoms with Crippen LogP contribution in [0.25, 0.3) is 0 Å². The highest BCUT2D eigenvalue weighted by Crippen LogP contribution is 2.47. The topological polar surface area (TPSA) is 15.3 Å². The molecule has 14 heavy (non-hydrogen) atoms. The summed E-state index contributed by atoms with van der Waals surface area (Å²) in [5.41, 5.74) is 0.677. The second kappa shape index (κ2) is 4.19. The molecule has 0 aromatic heterocycles. The molecule has 1 N–H and O–H groups in total. The lowest BCUT2D eigenvalue weighted by atomic mass is 10.00. The van der Waals surface area contributed by atoms with Gasteiger partial charge in [0, 0.05) is 24.7 Å². The van der Waals surface area contributed by atoms with Crippen molar-refractivity contribution in [2.24, 2.45) is 0 Å². The van der Waals surface area contributed by atoms with Crippen LogP contribution in [0.3, 0.4) is 0 Å².